The van der Waals surface area contributed by atoms with Gasteiger partial charge in [0.25, 0.3) is 0 Å². The Kier molecular flexibility index (Phi) is 8.37. The summed E-state index contributed by atoms with van der Waals surface area (Å²) in [7, 11) is 0. The highest BCUT2D eigenvalue weighted by atomic mass is 35.5. The lowest BCUT2D eigenvalue weighted by Gasteiger charge is -2.39. The van der Waals surface area contributed by atoms with Gasteiger partial charge in [0.15, 0.2) is 0 Å². The van der Waals surface area contributed by atoms with E-state index in [1.165, 1.54) is 24.8 Å². The molecule has 0 amide bonds. The summed E-state index contributed by atoms with van der Waals surface area (Å²) in [5.41, 5.74) is 1.91. The summed E-state index contributed by atoms with van der Waals surface area (Å²) in [4.78, 5) is 2.52. The predicted octanol–water partition coefficient (Wildman–Crippen LogP) is 7.37. The van der Waals surface area contributed by atoms with E-state index in [-0.39, 0.29) is 0 Å². The maximum Gasteiger partial charge on any atom is 0.0865 e. The number of nitriles is 1. The first-order valence-corrected chi connectivity index (χ1v) is 11.9. The molecule has 1 saturated carbocycles. The summed E-state index contributed by atoms with van der Waals surface area (Å²) in [6.45, 7) is 6.46. The lowest BCUT2D eigenvalue weighted by Crippen LogP contribution is -2.37. The minimum absolute atomic E-state index is 0.401. The summed E-state index contributed by atoms with van der Waals surface area (Å²) in [6.07, 6.45) is 7.89. The largest absolute Gasteiger partial charge is 0.297 e. The molecule has 0 aliphatic heterocycles. The van der Waals surface area contributed by atoms with Crippen LogP contribution in [0.4, 0.5) is 0 Å². The zero-order valence-corrected chi connectivity index (χ0v) is 19.2. The second kappa shape index (κ2) is 11.0. The molecule has 1 fully saturated rings. The molecule has 1 aliphatic rings. The van der Waals surface area contributed by atoms with Gasteiger partial charge in [0, 0.05) is 17.6 Å². The maximum atomic E-state index is 10.5. The molecule has 0 bridgehead atoms. The highest BCUT2D eigenvalue weighted by Crippen LogP contribution is 2.46. The quantitative estimate of drug-likeness (QED) is 0.421. The second-order valence-electron chi connectivity index (χ2n) is 9.05. The highest BCUT2D eigenvalue weighted by Gasteiger charge is 2.42. The highest BCUT2D eigenvalue weighted by molar-refractivity contribution is 6.31. The summed E-state index contributed by atoms with van der Waals surface area (Å²) in [6, 6.07) is 22.0. The monoisotopic (exact) mass is 422 g/mol. The zero-order valence-electron chi connectivity index (χ0n) is 18.5. The van der Waals surface area contributed by atoms with Gasteiger partial charge in [-0.1, -0.05) is 79.4 Å². The Labute approximate surface area is 187 Å². The summed E-state index contributed by atoms with van der Waals surface area (Å²) in [5, 5.41) is 11.2. The Morgan fingerprint density at radius 1 is 1.03 bits per heavy atom. The molecule has 0 aromatic heterocycles. The van der Waals surface area contributed by atoms with Crippen LogP contribution in [0.25, 0.3) is 0 Å². The van der Waals surface area contributed by atoms with Gasteiger partial charge in [0.05, 0.1) is 11.5 Å². The molecule has 2 aromatic rings. The fourth-order valence-electron chi connectivity index (χ4n) is 5.08. The number of halogens is 1. The van der Waals surface area contributed by atoms with Crippen molar-refractivity contribution in [2.45, 2.75) is 76.8 Å². The minimum Gasteiger partial charge on any atom is -0.297 e. The van der Waals surface area contributed by atoms with E-state index in [0.29, 0.717) is 12.0 Å². The van der Waals surface area contributed by atoms with Crippen molar-refractivity contribution in [1.82, 2.24) is 4.90 Å². The molecular formula is C27H35ClN2. The Morgan fingerprint density at radius 2 is 1.70 bits per heavy atom. The number of benzene rings is 2. The van der Waals surface area contributed by atoms with E-state index in [4.69, 9.17) is 11.6 Å². The first kappa shape index (κ1) is 22.9. The van der Waals surface area contributed by atoms with Gasteiger partial charge in [-0.3, -0.25) is 4.90 Å². The normalized spacial score (nSPS) is 17.1. The topological polar surface area (TPSA) is 27.0 Å². The lowest BCUT2D eigenvalue weighted by atomic mass is 9.63. The van der Waals surface area contributed by atoms with Crippen LogP contribution in [0.5, 0.6) is 0 Å². The molecule has 1 aliphatic carbocycles. The van der Waals surface area contributed by atoms with Crippen molar-refractivity contribution in [1.29, 1.82) is 5.26 Å². The molecule has 1 atom stereocenters. The van der Waals surface area contributed by atoms with Crippen molar-refractivity contribution < 1.29 is 0 Å². The van der Waals surface area contributed by atoms with Crippen LogP contribution in [0.15, 0.2) is 54.6 Å². The molecule has 0 radical (unpaired) electrons. The van der Waals surface area contributed by atoms with Gasteiger partial charge in [-0.05, 0) is 69.2 Å². The van der Waals surface area contributed by atoms with Crippen molar-refractivity contribution in [3.05, 3.63) is 70.7 Å². The number of rotatable bonds is 9. The van der Waals surface area contributed by atoms with Gasteiger partial charge in [0.2, 0.25) is 0 Å². The summed E-state index contributed by atoms with van der Waals surface area (Å²) in [5.74, 6) is 0.401. The van der Waals surface area contributed by atoms with E-state index >= 15 is 0 Å². The van der Waals surface area contributed by atoms with Crippen molar-refractivity contribution in [2.75, 3.05) is 6.54 Å². The van der Waals surface area contributed by atoms with Gasteiger partial charge in [0.1, 0.15) is 0 Å². The molecule has 0 heterocycles. The van der Waals surface area contributed by atoms with E-state index in [9.17, 15) is 5.26 Å². The van der Waals surface area contributed by atoms with Crippen LogP contribution in [0.2, 0.25) is 5.02 Å². The molecule has 0 saturated heterocycles. The van der Waals surface area contributed by atoms with Gasteiger partial charge < -0.3 is 0 Å². The minimum atomic E-state index is -0.478. The van der Waals surface area contributed by atoms with Crippen molar-refractivity contribution in [3.8, 4) is 6.07 Å². The molecule has 2 nitrogen and oxygen atoms in total. The van der Waals surface area contributed by atoms with Crippen LogP contribution in [0, 0.1) is 17.2 Å². The molecule has 1 unspecified atom stereocenters. The smallest absolute Gasteiger partial charge is 0.0865 e. The average molecular weight is 423 g/mol. The third kappa shape index (κ3) is 5.45. The first-order valence-electron chi connectivity index (χ1n) is 11.5. The third-order valence-electron chi connectivity index (χ3n) is 6.83. The molecule has 3 heteroatoms. The van der Waals surface area contributed by atoms with E-state index in [2.05, 4.69) is 61.2 Å². The predicted molar refractivity (Wildman–Crippen MR) is 127 cm³/mol. The zero-order chi connectivity index (χ0) is 21.4. The molecule has 160 valence electrons. The van der Waals surface area contributed by atoms with Crippen LogP contribution in [-0.4, -0.2) is 17.5 Å². The van der Waals surface area contributed by atoms with Crippen LogP contribution >= 0.6 is 11.6 Å². The molecule has 3 rings (SSSR count). The molecular weight excluding hydrogens is 388 g/mol. The third-order valence-corrected chi connectivity index (χ3v) is 7.16. The summed E-state index contributed by atoms with van der Waals surface area (Å²) < 4.78 is 0. The van der Waals surface area contributed by atoms with Gasteiger partial charge in [-0.2, -0.15) is 5.26 Å². The molecule has 2 aromatic carbocycles. The Balaban J connectivity index is 1.77. The van der Waals surface area contributed by atoms with Gasteiger partial charge in [-0.15, -0.1) is 0 Å². The Morgan fingerprint density at radius 3 is 2.33 bits per heavy atom. The van der Waals surface area contributed by atoms with E-state index in [0.717, 1.165) is 49.4 Å². The fourth-order valence-corrected chi connectivity index (χ4v) is 5.39. The maximum absolute atomic E-state index is 10.5. The first-order chi connectivity index (χ1) is 14.6. The van der Waals surface area contributed by atoms with Gasteiger partial charge in [-0.25, -0.2) is 0 Å². The Bertz CT molecular complexity index is 820. The van der Waals surface area contributed by atoms with Crippen LogP contribution < -0.4 is 0 Å². The van der Waals surface area contributed by atoms with Crippen molar-refractivity contribution in [2.24, 2.45) is 5.92 Å². The molecule has 0 N–H and O–H groups in total. The summed E-state index contributed by atoms with van der Waals surface area (Å²) >= 11 is 6.64. The van der Waals surface area contributed by atoms with Crippen LogP contribution in [0.1, 0.15) is 69.9 Å². The fraction of sp³-hybridized carbons (Fsp3) is 0.519. The second-order valence-corrected chi connectivity index (χ2v) is 9.46. The van der Waals surface area contributed by atoms with Crippen LogP contribution in [-0.2, 0) is 12.0 Å². The van der Waals surface area contributed by atoms with E-state index in [1.54, 1.807) is 0 Å². The number of hydrogen-bond acceptors (Lipinski definition) is 2. The number of hydrogen-bond donors (Lipinski definition) is 0. The number of nitrogens with zero attached hydrogens (tertiary/aromatic N) is 2. The van der Waals surface area contributed by atoms with Gasteiger partial charge >= 0.3 is 0 Å². The average Bonchev–Trinajstić information content (AvgIpc) is 2.78. The van der Waals surface area contributed by atoms with Crippen molar-refractivity contribution in [3.63, 3.8) is 0 Å². The SMILES string of the molecule is CC(C)N(CCCC(C#N)(c1ccccc1Cl)C1CCCCC1)Cc1ccccc1. The molecule has 30 heavy (non-hydrogen) atoms. The standard InChI is InChI=1S/C27H35ClN2/c1-22(2)30(20-23-12-5-3-6-13-23)19-11-18-27(21-29,24-14-7-4-8-15-24)25-16-9-10-17-26(25)28/h3,5-6,9-10,12-13,16-17,22,24H,4,7-8,11,14-15,18-20H2,1-2H3. The van der Waals surface area contributed by atoms with Crippen molar-refractivity contribution >= 4 is 11.6 Å². The van der Waals surface area contributed by atoms with Crippen LogP contribution in [0.3, 0.4) is 0 Å². The van der Waals surface area contributed by atoms with E-state index < -0.39 is 5.41 Å². The molecule has 0 spiro atoms. The Hall–Kier alpha value is -1.82. The lowest BCUT2D eigenvalue weighted by molar-refractivity contribution is 0.186. The van der Waals surface area contributed by atoms with E-state index in [1.807, 2.05) is 18.2 Å².